The van der Waals surface area contributed by atoms with E-state index in [1.165, 1.54) is 39.4 Å². The Morgan fingerprint density at radius 2 is 2.12 bits per heavy atom. The molecule has 4 rings (SSSR count). The molecule has 3 heterocycles. The first-order valence-electron chi connectivity index (χ1n) is 7.90. The predicted octanol–water partition coefficient (Wildman–Crippen LogP) is 2.36. The van der Waals surface area contributed by atoms with Crippen LogP contribution in [0.25, 0.3) is 4.96 Å². The molecule has 1 N–H and O–H groups in total. The van der Waals surface area contributed by atoms with Crippen molar-refractivity contribution < 1.29 is 4.74 Å². The maximum atomic E-state index is 11.8. The highest BCUT2D eigenvalue weighted by molar-refractivity contribution is 9.10. The van der Waals surface area contributed by atoms with Crippen LogP contribution in [0.1, 0.15) is 5.56 Å². The van der Waals surface area contributed by atoms with Crippen molar-refractivity contribution in [1.82, 2.24) is 14.6 Å². The second kappa shape index (κ2) is 7.11. The molecule has 25 heavy (non-hydrogen) atoms. The van der Waals surface area contributed by atoms with Gasteiger partial charge in [-0.1, -0.05) is 33.3 Å². The Labute approximate surface area is 156 Å². The van der Waals surface area contributed by atoms with E-state index in [1.807, 2.05) is 6.07 Å². The van der Waals surface area contributed by atoms with Crippen LogP contribution in [0.2, 0.25) is 0 Å². The van der Waals surface area contributed by atoms with E-state index in [0.717, 1.165) is 30.8 Å². The molecule has 9 heteroatoms. The summed E-state index contributed by atoms with van der Waals surface area (Å²) in [6.07, 6.45) is 1.50. The molecule has 1 aliphatic rings. The molecule has 0 spiro atoms. The molecule has 1 saturated heterocycles. The van der Waals surface area contributed by atoms with E-state index >= 15 is 0 Å². The Morgan fingerprint density at radius 1 is 1.28 bits per heavy atom. The number of benzene rings is 1. The van der Waals surface area contributed by atoms with Crippen LogP contribution in [0.3, 0.4) is 0 Å². The number of ether oxygens (including phenoxy) is 1. The van der Waals surface area contributed by atoms with Crippen molar-refractivity contribution >= 4 is 43.0 Å². The number of anilines is 2. The third-order valence-corrected chi connectivity index (χ3v) is 5.37. The fourth-order valence-electron chi connectivity index (χ4n) is 2.77. The molecule has 1 fully saturated rings. The number of halogens is 1. The first-order chi connectivity index (χ1) is 12.2. The van der Waals surface area contributed by atoms with E-state index < -0.39 is 0 Å². The van der Waals surface area contributed by atoms with Crippen LogP contribution in [-0.2, 0) is 11.3 Å². The average Bonchev–Trinajstić information content (AvgIpc) is 3.06. The Hall–Kier alpha value is -1.97. The molecule has 0 aliphatic carbocycles. The monoisotopic (exact) mass is 421 g/mol. The van der Waals surface area contributed by atoms with Crippen molar-refractivity contribution in [1.29, 1.82) is 0 Å². The molecule has 0 saturated carbocycles. The maximum absolute atomic E-state index is 11.8. The molecule has 130 valence electrons. The van der Waals surface area contributed by atoms with Gasteiger partial charge in [-0.15, -0.1) is 5.10 Å². The van der Waals surface area contributed by atoms with E-state index in [4.69, 9.17) is 4.74 Å². The van der Waals surface area contributed by atoms with E-state index in [2.05, 4.69) is 48.4 Å². The van der Waals surface area contributed by atoms with Gasteiger partial charge in [0.1, 0.15) is 0 Å². The van der Waals surface area contributed by atoms with Gasteiger partial charge in [0.25, 0.3) is 5.56 Å². The summed E-state index contributed by atoms with van der Waals surface area (Å²) < 4.78 is 7.82. The van der Waals surface area contributed by atoms with Crippen LogP contribution >= 0.6 is 27.3 Å². The zero-order valence-corrected chi connectivity index (χ0v) is 15.7. The average molecular weight is 422 g/mol. The minimum absolute atomic E-state index is 0.174. The number of morpholine rings is 1. The molecule has 7 nitrogen and oxygen atoms in total. The van der Waals surface area contributed by atoms with Gasteiger partial charge in [-0.05, 0) is 17.7 Å². The van der Waals surface area contributed by atoms with E-state index in [1.54, 1.807) is 0 Å². The number of hydrogen-bond donors (Lipinski definition) is 1. The maximum Gasteiger partial charge on any atom is 0.275 e. The largest absolute Gasteiger partial charge is 0.378 e. The van der Waals surface area contributed by atoms with Crippen LogP contribution in [0.4, 0.5) is 10.8 Å². The first-order valence-corrected chi connectivity index (χ1v) is 9.51. The summed E-state index contributed by atoms with van der Waals surface area (Å²) in [6.45, 7) is 3.86. The van der Waals surface area contributed by atoms with Crippen molar-refractivity contribution in [2.45, 2.75) is 6.54 Å². The summed E-state index contributed by atoms with van der Waals surface area (Å²) in [4.78, 5) is 18.9. The van der Waals surface area contributed by atoms with E-state index in [-0.39, 0.29) is 5.56 Å². The summed E-state index contributed by atoms with van der Waals surface area (Å²) in [7, 11) is 0. The second-order valence-corrected chi connectivity index (χ2v) is 7.48. The van der Waals surface area contributed by atoms with Crippen molar-refractivity contribution in [3.05, 3.63) is 50.9 Å². The minimum Gasteiger partial charge on any atom is -0.378 e. The zero-order valence-electron chi connectivity index (χ0n) is 13.3. The van der Waals surface area contributed by atoms with Crippen LogP contribution in [0.15, 0.2) is 39.7 Å². The Morgan fingerprint density at radius 3 is 2.92 bits per heavy atom. The van der Waals surface area contributed by atoms with Gasteiger partial charge < -0.3 is 15.0 Å². The Bertz CT molecular complexity index is 951. The molecule has 0 bridgehead atoms. The van der Waals surface area contributed by atoms with E-state index in [0.29, 0.717) is 16.6 Å². The van der Waals surface area contributed by atoms with Crippen LogP contribution in [-0.4, -0.2) is 40.9 Å². The number of rotatable bonds is 4. The molecule has 1 aliphatic heterocycles. The fourth-order valence-corrected chi connectivity index (χ4v) is 3.89. The number of nitrogens with zero attached hydrogens (tertiary/aromatic N) is 4. The quantitative estimate of drug-likeness (QED) is 0.696. The molecule has 0 radical (unpaired) electrons. The number of aromatic nitrogens is 3. The zero-order chi connectivity index (χ0) is 17.2. The lowest BCUT2D eigenvalue weighted by Crippen LogP contribution is -2.36. The summed E-state index contributed by atoms with van der Waals surface area (Å²) in [5.74, 6) is 0. The molecular weight excluding hydrogens is 406 g/mol. The van der Waals surface area contributed by atoms with Gasteiger partial charge in [0.2, 0.25) is 10.1 Å². The highest BCUT2D eigenvalue weighted by atomic mass is 79.9. The second-order valence-electron chi connectivity index (χ2n) is 5.61. The van der Waals surface area contributed by atoms with Crippen molar-refractivity contribution in [2.24, 2.45) is 0 Å². The summed E-state index contributed by atoms with van der Waals surface area (Å²) in [5.41, 5.74) is 2.18. The SMILES string of the molecule is O=c1ccnc2sc(NCc3ccc(Br)cc3N3CCOCC3)nn12. The van der Waals surface area contributed by atoms with Crippen molar-refractivity contribution in [3.8, 4) is 0 Å². The summed E-state index contributed by atoms with van der Waals surface area (Å²) in [6, 6.07) is 7.67. The standard InChI is InChI=1S/C16H16BrN5O2S/c17-12-2-1-11(13(9-12)21-5-7-24-8-6-21)10-19-15-20-22-14(23)3-4-18-16(22)25-15/h1-4,9H,5-8,10H2,(H,19,20). The van der Waals surface area contributed by atoms with Gasteiger partial charge >= 0.3 is 0 Å². The van der Waals surface area contributed by atoms with Gasteiger partial charge in [-0.2, -0.15) is 4.52 Å². The Balaban J connectivity index is 1.57. The predicted molar refractivity (Wildman–Crippen MR) is 102 cm³/mol. The Kier molecular flexibility index (Phi) is 4.69. The molecule has 3 aromatic rings. The van der Waals surface area contributed by atoms with E-state index in [9.17, 15) is 4.79 Å². The third kappa shape index (κ3) is 3.53. The van der Waals surface area contributed by atoms with Gasteiger partial charge in [-0.25, -0.2) is 4.98 Å². The lowest BCUT2D eigenvalue weighted by atomic mass is 10.1. The molecule has 0 unspecified atom stereocenters. The molecular formula is C16H16BrN5O2S. The van der Waals surface area contributed by atoms with Gasteiger partial charge in [0.15, 0.2) is 0 Å². The number of nitrogens with one attached hydrogen (secondary N) is 1. The van der Waals surface area contributed by atoms with Gasteiger partial charge in [-0.3, -0.25) is 4.79 Å². The smallest absolute Gasteiger partial charge is 0.275 e. The van der Waals surface area contributed by atoms with Crippen LogP contribution < -0.4 is 15.8 Å². The highest BCUT2D eigenvalue weighted by Crippen LogP contribution is 2.27. The minimum atomic E-state index is -0.174. The number of hydrogen-bond acceptors (Lipinski definition) is 7. The van der Waals surface area contributed by atoms with Crippen LogP contribution in [0, 0.1) is 0 Å². The lowest BCUT2D eigenvalue weighted by molar-refractivity contribution is 0.122. The topological polar surface area (TPSA) is 71.8 Å². The first kappa shape index (κ1) is 16.5. The molecule has 1 aromatic carbocycles. The number of fused-ring (bicyclic) bond motifs is 1. The van der Waals surface area contributed by atoms with Crippen LogP contribution in [0.5, 0.6) is 0 Å². The summed E-state index contributed by atoms with van der Waals surface area (Å²) >= 11 is 4.92. The van der Waals surface area contributed by atoms with Crippen molar-refractivity contribution in [3.63, 3.8) is 0 Å². The lowest BCUT2D eigenvalue weighted by Gasteiger charge is -2.30. The normalized spacial score (nSPS) is 14.8. The van der Waals surface area contributed by atoms with Gasteiger partial charge in [0, 0.05) is 42.1 Å². The van der Waals surface area contributed by atoms with Crippen molar-refractivity contribution in [2.75, 3.05) is 36.5 Å². The molecule has 0 atom stereocenters. The third-order valence-electron chi connectivity index (χ3n) is 4.00. The highest BCUT2D eigenvalue weighted by Gasteiger charge is 2.15. The fraction of sp³-hybridized carbons (Fsp3) is 0.312. The molecule has 0 amide bonds. The van der Waals surface area contributed by atoms with Gasteiger partial charge in [0.05, 0.1) is 13.2 Å². The molecule has 2 aromatic heterocycles. The summed E-state index contributed by atoms with van der Waals surface area (Å²) in [5, 5.41) is 8.28.